The number of aromatic amines is 1. The van der Waals surface area contributed by atoms with Crippen molar-refractivity contribution < 1.29 is 13.5 Å². The van der Waals surface area contributed by atoms with Gasteiger partial charge in [-0.3, -0.25) is 4.90 Å². The molecule has 1 aromatic heterocycles. The summed E-state index contributed by atoms with van der Waals surface area (Å²) >= 11 is 3.07. The third kappa shape index (κ3) is 4.73. The Balaban J connectivity index is 1.20. The van der Waals surface area contributed by atoms with Gasteiger partial charge >= 0.3 is 0 Å². The topological polar surface area (TPSA) is 31.5 Å². The Morgan fingerprint density at radius 2 is 1.76 bits per heavy atom. The molecule has 4 rings (SSSR count). The number of hydrogen-bond acceptors (Lipinski definition) is 3. The van der Waals surface area contributed by atoms with Gasteiger partial charge in [-0.15, -0.1) is 0 Å². The van der Waals surface area contributed by atoms with Crippen LogP contribution in [0.3, 0.4) is 0 Å². The molecule has 0 saturated carbocycles. The molecule has 0 amide bonds. The predicted molar refractivity (Wildman–Crippen MR) is 116 cm³/mol. The van der Waals surface area contributed by atoms with E-state index in [9.17, 15) is 8.78 Å². The molecular formula is C22H24BrF2N3O. The van der Waals surface area contributed by atoms with Gasteiger partial charge in [-0.2, -0.15) is 0 Å². The number of benzene rings is 2. The van der Waals surface area contributed by atoms with Crippen molar-refractivity contribution in [3.8, 4) is 5.75 Å². The smallest absolute Gasteiger partial charge is 0.190 e. The van der Waals surface area contributed by atoms with Crippen LogP contribution in [0.1, 0.15) is 12.8 Å². The van der Waals surface area contributed by atoms with Crippen LogP contribution in [0.4, 0.5) is 14.5 Å². The van der Waals surface area contributed by atoms with Gasteiger partial charge in [0.1, 0.15) is 0 Å². The highest BCUT2D eigenvalue weighted by Gasteiger charge is 2.18. The Kier molecular flexibility index (Phi) is 6.35. The van der Waals surface area contributed by atoms with Gasteiger partial charge in [0.15, 0.2) is 17.4 Å². The van der Waals surface area contributed by atoms with Crippen LogP contribution in [0.2, 0.25) is 0 Å². The number of ether oxygens (including phenoxy) is 1. The Morgan fingerprint density at radius 3 is 2.52 bits per heavy atom. The van der Waals surface area contributed by atoms with Gasteiger partial charge in [-0.1, -0.05) is 22.0 Å². The van der Waals surface area contributed by atoms with Crippen molar-refractivity contribution in [3.05, 3.63) is 58.7 Å². The summed E-state index contributed by atoms with van der Waals surface area (Å²) in [6.07, 6.45) is 3.68. The van der Waals surface area contributed by atoms with E-state index in [2.05, 4.69) is 55.0 Å². The lowest BCUT2D eigenvalue weighted by Gasteiger charge is -2.36. The molecule has 0 atom stereocenters. The van der Waals surface area contributed by atoms with Crippen LogP contribution >= 0.6 is 15.9 Å². The maximum atomic E-state index is 13.8. The number of piperazine rings is 1. The van der Waals surface area contributed by atoms with E-state index in [1.807, 2.05) is 6.20 Å². The second-order valence-electron chi connectivity index (χ2n) is 7.30. The van der Waals surface area contributed by atoms with E-state index in [1.165, 1.54) is 28.7 Å². The Labute approximate surface area is 177 Å². The summed E-state index contributed by atoms with van der Waals surface area (Å²) in [6, 6.07) is 10.9. The Morgan fingerprint density at radius 1 is 1.00 bits per heavy atom. The van der Waals surface area contributed by atoms with Gasteiger partial charge in [0.05, 0.1) is 6.61 Å². The maximum Gasteiger partial charge on any atom is 0.190 e. The molecule has 1 N–H and O–H groups in total. The van der Waals surface area contributed by atoms with E-state index in [1.54, 1.807) is 0 Å². The lowest BCUT2D eigenvalue weighted by molar-refractivity contribution is 0.233. The van der Waals surface area contributed by atoms with Crippen molar-refractivity contribution in [2.75, 3.05) is 44.2 Å². The van der Waals surface area contributed by atoms with Crippen LogP contribution in [-0.2, 0) is 0 Å². The molecule has 7 heteroatoms. The minimum absolute atomic E-state index is 0.291. The normalized spacial score (nSPS) is 15.2. The van der Waals surface area contributed by atoms with Crippen molar-refractivity contribution >= 4 is 32.5 Å². The molecule has 0 aliphatic carbocycles. The van der Waals surface area contributed by atoms with Crippen LogP contribution < -0.4 is 9.64 Å². The SMILES string of the molecule is Fc1cc(Br)cc(F)c1OCCCCN1CCN(c2cccc3[nH]ccc23)CC1. The first kappa shape index (κ1) is 20.2. The molecule has 0 radical (unpaired) electrons. The number of nitrogens with zero attached hydrogens (tertiary/aromatic N) is 2. The molecule has 3 aromatic rings. The van der Waals surface area contributed by atoms with Gasteiger partial charge in [-0.25, -0.2) is 8.78 Å². The molecule has 0 unspecified atom stereocenters. The van der Waals surface area contributed by atoms with E-state index in [4.69, 9.17) is 4.74 Å². The number of fused-ring (bicyclic) bond motifs is 1. The Bertz CT molecular complexity index is 947. The Hall–Kier alpha value is -2.12. The summed E-state index contributed by atoms with van der Waals surface area (Å²) < 4.78 is 33.2. The third-order valence-corrected chi connectivity index (χ3v) is 5.82. The quantitative estimate of drug-likeness (QED) is 0.489. The van der Waals surface area contributed by atoms with E-state index < -0.39 is 11.6 Å². The maximum absolute atomic E-state index is 13.8. The van der Waals surface area contributed by atoms with Crippen molar-refractivity contribution in [3.63, 3.8) is 0 Å². The average molecular weight is 464 g/mol. The van der Waals surface area contributed by atoms with Gasteiger partial charge in [0.2, 0.25) is 0 Å². The summed E-state index contributed by atoms with van der Waals surface area (Å²) in [5, 5.41) is 1.27. The molecule has 0 spiro atoms. The van der Waals surface area contributed by atoms with Crippen molar-refractivity contribution in [1.29, 1.82) is 0 Å². The molecule has 0 bridgehead atoms. The van der Waals surface area contributed by atoms with Crippen molar-refractivity contribution in [2.45, 2.75) is 12.8 Å². The summed E-state index contributed by atoms with van der Waals surface area (Å²) in [5.41, 5.74) is 2.46. The first-order chi connectivity index (χ1) is 14.1. The van der Waals surface area contributed by atoms with E-state index in [0.29, 0.717) is 11.1 Å². The predicted octanol–water partition coefficient (Wildman–Crippen LogP) is 5.19. The van der Waals surface area contributed by atoms with Crippen molar-refractivity contribution in [2.24, 2.45) is 0 Å². The van der Waals surface area contributed by atoms with E-state index >= 15 is 0 Å². The van der Waals surface area contributed by atoms with Gasteiger partial charge in [0.25, 0.3) is 0 Å². The number of hydrogen-bond donors (Lipinski definition) is 1. The highest BCUT2D eigenvalue weighted by Crippen LogP contribution is 2.27. The fraction of sp³-hybridized carbons (Fsp3) is 0.364. The zero-order valence-corrected chi connectivity index (χ0v) is 17.7. The van der Waals surface area contributed by atoms with Crippen LogP contribution in [0.15, 0.2) is 47.1 Å². The van der Waals surface area contributed by atoms with Crippen molar-refractivity contribution in [1.82, 2.24) is 9.88 Å². The first-order valence-corrected chi connectivity index (χ1v) is 10.7. The zero-order chi connectivity index (χ0) is 20.2. The summed E-state index contributed by atoms with van der Waals surface area (Å²) in [7, 11) is 0. The number of nitrogens with one attached hydrogen (secondary N) is 1. The number of halogens is 3. The number of rotatable bonds is 7. The molecule has 4 nitrogen and oxygen atoms in total. The van der Waals surface area contributed by atoms with E-state index in [-0.39, 0.29) is 5.75 Å². The second kappa shape index (κ2) is 9.13. The molecule has 1 aliphatic heterocycles. The summed E-state index contributed by atoms with van der Waals surface area (Å²) in [6.45, 7) is 5.29. The van der Waals surface area contributed by atoms with Crippen LogP contribution in [0, 0.1) is 11.6 Å². The third-order valence-electron chi connectivity index (χ3n) is 5.36. The van der Waals surface area contributed by atoms with E-state index in [0.717, 1.165) is 45.6 Å². The summed E-state index contributed by atoms with van der Waals surface area (Å²) in [4.78, 5) is 8.15. The molecule has 154 valence electrons. The highest BCUT2D eigenvalue weighted by molar-refractivity contribution is 9.10. The van der Waals surface area contributed by atoms with Gasteiger partial charge < -0.3 is 14.6 Å². The van der Waals surface area contributed by atoms with Crippen LogP contribution in [0.25, 0.3) is 10.9 Å². The van der Waals surface area contributed by atoms with Crippen LogP contribution in [-0.4, -0.2) is 49.2 Å². The number of aromatic nitrogens is 1. The lowest BCUT2D eigenvalue weighted by Crippen LogP contribution is -2.46. The van der Waals surface area contributed by atoms with Crippen LogP contribution in [0.5, 0.6) is 5.75 Å². The number of H-pyrrole nitrogens is 1. The number of anilines is 1. The summed E-state index contributed by atoms with van der Waals surface area (Å²) in [5.74, 6) is -1.64. The molecule has 2 aromatic carbocycles. The molecular weight excluding hydrogens is 440 g/mol. The minimum Gasteiger partial charge on any atom is -0.488 e. The molecule has 1 aliphatic rings. The second-order valence-corrected chi connectivity index (χ2v) is 8.21. The minimum atomic E-state index is -0.676. The molecule has 1 fully saturated rings. The first-order valence-electron chi connectivity index (χ1n) is 9.92. The highest BCUT2D eigenvalue weighted by atomic mass is 79.9. The average Bonchev–Trinajstić information content (AvgIpc) is 3.19. The fourth-order valence-corrected chi connectivity index (χ4v) is 4.24. The van der Waals surface area contributed by atoms with Gasteiger partial charge in [-0.05, 0) is 49.7 Å². The monoisotopic (exact) mass is 463 g/mol. The van der Waals surface area contributed by atoms with Gasteiger partial charge in [0, 0.05) is 53.4 Å². The lowest BCUT2D eigenvalue weighted by atomic mass is 10.1. The molecule has 1 saturated heterocycles. The fourth-order valence-electron chi connectivity index (χ4n) is 3.84. The zero-order valence-electron chi connectivity index (χ0n) is 16.1. The largest absolute Gasteiger partial charge is 0.488 e. The molecule has 2 heterocycles. The number of unbranched alkanes of at least 4 members (excludes halogenated alkanes) is 1. The molecule has 29 heavy (non-hydrogen) atoms. The standard InChI is InChI=1S/C22H24BrF2N3O/c23-16-14-18(24)22(19(25)15-16)29-13-2-1-8-27-9-11-28(12-10-27)21-5-3-4-20-17(21)6-7-26-20/h3-7,14-15,26H,1-2,8-13H2.